The first kappa shape index (κ1) is 23.0. The normalized spacial score (nSPS) is 21.6. The lowest BCUT2D eigenvalue weighted by molar-refractivity contribution is -0.141. The van der Waals surface area contributed by atoms with E-state index >= 15 is 0 Å². The second-order valence-corrected chi connectivity index (χ2v) is 8.53. The van der Waals surface area contributed by atoms with E-state index in [9.17, 15) is 18.0 Å². The van der Waals surface area contributed by atoms with Crippen LogP contribution in [-0.4, -0.2) is 65.4 Å². The fourth-order valence-corrected chi connectivity index (χ4v) is 4.47. The summed E-state index contributed by atoms with van der Waals surface area (Å²) in [7, 11) is 0. The average molecular weight is 461 g/mol. The number of nitrogens with zero attached hydrogens (tertiary/aromatic N) is 4. The van der Waals surface area contributed by atoms with Crippen molar-refractivity contribution < 1.29 is 23.1 Å². The minimum atomic E-state index is -4.44. The third kappa shape index (κ3) is 5.44. The first-order valence-corrected chi connectivity index (χ1v) is 10.8. The molecule has 10 heteroatoms. The molecule has 1 aromatic carbocycles. The van der Waals surface area contributed by atoms with Crippen molar-refractivity contribution in [3.05, 3.63) is 59.4 Å². The molecule has 1 fully saturated rings. The maximum Gasteiger partial charge on any atom is 0.433 e. The van der Waals surface area contributed by atoms with Crippen LogP contribution in [0, 0.1) is 5.92 Å². The van der Waals surface area contributed by atoms with Gasteiger partial charge in [0.25, 0.3) is 0 Å². The number of aliphatic carboxylic acids is 1. The minimum Gasteiger partial charge on any atom is -0.481 e. The number of carbonyl (C=O) groups is 1. The Balaban J connectivity index is 1.36. The molecule has 0 saturated carbocycles. The van der Waals surface area contributed by atoms with Gasteiger partial charge < -0.3 is 15.4 Å². The van der Waals surface area contributed by atoms with Gasteiger partial charge in [-0.2, -0.15) is 18.3 Å². The van der Waals surface area contributed by atoms with Gasteiger partial charge >= 0.3 is 12.1 Å². The SMILES string of the molecule is C[C@@H]1CN(CC2CNN=C2c2ccc(CC(=O)O)cc2)CCN1c1ccc(C(F)(F)F)nc1. The summed E-state index contributed by atoms with van der Waals surface area (Å²) in [6.45, 7) is 5.86. The molecule has 4 rings (SSSR count). The number of hydrogen-bond donors (Lipinski definition) is 2. The maximum atomic E-state index is 12.8. The molecule has 1 saturated heterocycles. The molecule has 3 heterocycles. The van der Waals surface area contributed by atoms with Crippen LogP contribution in [0.1, 0.15) is 23.7 Å². The number of carboxylic acids is 1. The smallest absolute Gasteiger partial charge is 0.433 e. The van der Waals surface area contributed by atoms with Crippen molar-refractivity contribution in [2.75, 3.05) is 37.6 Å². The van der Waals surface area contributed by atoms with Crippen molar-refractivity contribution in [1.29, 1.82) is 0 Å². The summed E-state index contributed by atoms with van der Waals surface area (Å²) in [5.74, 6) is -0.664. The van der Waals surface area contributed by atoms with Crippen molar-refractivity contribution in [1.82, 2.24) is 15.3 Å². The highest BCUT2D eigenvalue weighted by Crippen LogP contribution is 2.29. The van der Waals surface area contributed by atoms with E-state index < -0.39 is 17.8 Å². The van der Waals surface area contributed by atoms with Crippen molar-refractivity contribution in [3.63, 3.8) is 0 Å². The van der Waals surface area contributed by atoms with Gasteiger partial charge in [0.05, 0.1) is 24.0 Å². The van der Waals surface area contributed by atoms with Crippen LogP contribution in [0.4, 0.5) is 18.9 Å². The van der Waals surface area contributed by atoms with Crippen molar-refractivity contribution >= 4 is 17.4 Å². The molecule has 0 radical (unpaired) electrons. The molecule has 0 bridgehead atoms. The van der Waals surface area contributed by atoms with Crippen molar-refractivity contribution in [2.45, 2.75) is 25.6 Å². The van der Waals surface area contributed by atoms with Crippen molar-refractivity contribution in [3.8, 4) is 0 Å². The first-order valence-electron chi connectivity index (χ1n) is 10.8. The molecule has 7 nitrogen and oxygen atoms in total. The quantitative estimate of drug-likeness (QED) is 0.689. The molecule has 0 spiro atoms. The van der Waals surface area contributed by atoms with Gasteiger partial charge in [-0.15, -0.1) is 0 Å². The lowest BCUT2D eigenvalue weighted by Gasteiger charge is -2.42. The Kier molecular flexibility index (Phi) is 6.55. The predicted octanol–water partition coefficient (Wildman–Crippen LogP) is 2.86. The number of aromatic nitrogens is 1. The number of hydrazone groups is 1. The highest BCUT2D eigenvalue weighted by molar-refractivity contribution is 6.03. The van der Waals surface area contributed by atoms with Crippen LogP contribution in [0.2, 0.25) is 0 Å². The predicted molar refractivity (Wildman–Crippen MR) is 118 cm³/mol. The summed E-state index contributed by atoms with van der Waals surface area (Å²) in [4.78, 5) is 18.9. The summed E-state index contributed by atoms with van der Waals surface area (Å²) in [6.07, 6.45) is -3.15. The van der Waals surface area contributed by atoms with E-state index in [1.54, 1.807) is 0 Å². The van der Waals surface area contributed by atoms with Gasteiger partial charge in [0.2, 0.25) is 0 Å². The molecule has 0 amide bonds. The summed E-state index contributed by atoms with van der Waals surface area (Å²) in [5, 5.41) is 13.4. The number of benzene rings is 1. The lowest BCUT2D eigenvalue weighted by Crippen LogP contribution is -2.53. The molecule has 1 aromatic heterocycles. The third-order valence-electron chi connectivity index (χ3n) is 6.09. The number of hydrogen-bond acceptors (Lipinski definition) is 6. The molecule has 1 unspecified atom stereocenters. The third-order valence-corrected chi connectivity index (χ3v) is 6.09. The largest absolute Gasteiger partial charge is 0.481 e. The van der Waals surface area contributed by atoms with Gasteiger partial charge in [0, 0.05) is 44.7 Å². The standard InChI is InChI=1S/C23H26F3N5O2/c1-15-13-30(8-9-31(15)19-6-7-20(27-12-19)23(24,25)26)14-18-11-28-29-22(18)17-4-2-16(3-5-17)10-21(32)33/h2-7,12,15,18,28H,8-11,13-14H2,1H3,(H,32,33)/t15-,18?/m1/s1. The van der Waals surface area contributed by atoms with Crippen LogP contribution >= 0.6 is 0 Å². The number of halogens is 3. The molecule has 176 valence electrons. The number of piperazine rings is 1. The van der Waals surface area contributed by atoms with E-state index in [4.69, 9.17) is 5.11 Å². The van der Waals surface area contributed by atoms with Gasteiger partial charge in [-0.05, 0) is 30.2 Å². The van der Waals surface area contributed by atoms with Crippen LogP contribution in [0.5, 0.6) is 0 Å². The second kappa shape index (κ2) is 9.38. The fraction of sp³-hybridized carbons (Fsp3) is 0.435. The average Bonchev–Trinajstić information content (AvgIpc) is 3.21. The molecule has 33 heavy (non-hydrogen) atoms. The second-order valence-electron chi connectivity index (χ2n) is 8.53. The summed E-state index contributed by atoms with van der Waals surface area (Å²) in [5.41, 5.74) is 5.57. The van der Waals surface area contributed by atoms with Gasteiger partial charge in [0.1, 0.15) is 5.69 Å². The van der Waals surface area contributed by atoms with Crippen LogP contribution in [0.3, 0.4) is 0 Å². The van der Waals surface area contributed by atoms with Crippen LogP contribution in [0.25, 0.3) is 0 Å². The first-order chi connectivity index (χ1) is 15.7. The molecule has 2 aromatic rings. The number of carboxylic acid groups (broad SMARTS) is 1. The van der Waals surface area contributed by atoms with E-state index in [2.05, 4.69) is 32.2 Å². The Morgan fingerprint density at radius 3 is 2.55 bits per heavy atom. The topological polar surface area (TPSA) is 81.1 Å². The molecule has 0 aliphatic carbocycles. The molecule has 2 aliphatic heterocycles. The monoisotopic (exact) mass is 461 g/mol. The molecular formula is C23H26F3N5O2. The van der Waals surface area contributed by atoms with E-state index in [0.717, 1.165) is 49.1 Å². The molecule has 2 aliphatic rings. The van der Waals surface area contributed by atoms with E-state index in [1.165, 1.54) is 12.3 Å². The summed E-state index contributed by atoms with van der Waals surface area (Å²) < 4.78 is 38.4. The number of anilines is 1. The number of rotatable bonds is 6. The Hall–Kier alpha value is -3.14. The van der Waals surface area contributed by atoms with Crippen LogP contribution < -0.4 is 10.3 Å². The van der Waals surface area contributed by atoms with E-state index in [-0.39, 0.29) is 18.4 Å². The molecular weight excluding hydrogens is 435 g/mol. The van der Waals surface area contributed by atoms with Gasteiger partial charge in [-0.1, -0.05) is 24.3 Å². The Morgan fingerprint density at radius 2 is 1.94 bits per heavy atom. The van der Waals surface area contributed by atoms with E-state index in [1.807, 2.05) is 24.3 Å². The fourth-order valence-electron chi connectivity index (χ4n) is 4.47. The Bertz CT molecular complexity index is 1010. The minimum absolute atomic E-state index is 0.00888. The van der Waals surface area contributed by atoms with E-state index in [0.29, 0.717) is 12.2 Å². The lowest BCUT2D eigenvalue weighted by atomic mass is 9.95. The summed E-state index contributed by atoms with van der Waals surface area (Å²) in [6, 6.07) is 10.1. The number of pyridine rings is 1. The van der Waals surface area contributed by atoms with Crippen molar-refractivity contribution in [2.24, 2.45) is 11.0 Å². The van der Waals surface area contributed by atoms with Crippen LogP contribution in [-0.2, 0) is 17.4 Å². The molecule has 2 N–H and O–H groups in total. The molecule has 2 atom stereocenters. The highest BCUT2D eigenvalue weighted by Gasteiger charge is 2.33. The maximum absolute atomic E-state index is 12.8. The zero-order valence-electron chi connectivity index (χ0n) is 18.2. The summed E-state index contributed by atoms with van der Waals surface area (Å²) >= 11 is 0. The number of alkyl halides is 3. The zero-order valence-corrected chi connectivity index (χ0v) is 18.2. The van der Waals surface area contributed by atoms with Gasteiger partial charge in [-0.25, -0.2) is 4.98 Å². The Morgan fingerprint density at radius 1 is 1.18 bits per heavy atom. The number of nitrogens with one attached hydrogen (secondary N) is 1. The van der Waals surface area contributed by atoms with Gasteiger partial charge in [-0.3, -0.25) is 9.69 Å². The highest BCUT2D eigenvalue weighted by atomic mass is 19.4. The Labute approximate surface area is 189 Å². The van der Waals surface area contributed by atoms with Crippen LogP contribution in [0.15, 0.2) is 47.7 Å². The zero-order chi connectivity index (χ0) is 23.6. The van der Waals surface area contributed by atoms with Gasteiger partial charge in [0.15, 0.2) is 0 Å².